The van der Waals surface area contributed by atoms with Crippen LogP contribution in [0.15, 0.2) is 12.2 Å². The fourth-order valence-electron chi connectivity index (χ4n) is 1.75. The highest BCUT2D eigenvalue weighted by molar-refractivity contribution is 5.09. The SMILES string of the molecule is [2H]C([2H])(O)C1([2H])CC2C=CC1C2. The predicted octanol–water partition coefficient (Wildman–Crippen LogP) is 1.19. The molecular weight excluding hydrogens is 112 g/mol. The molecule has 0 amide bonds. The van der Waals surface area contributed by atoms with E-state index in [1.165, 1.54) is 0 Å². The molecule has 50 valence electrons. The number of hydrogen-bond donors (Lipinski definition) is 1. The molecule has 1 N–H and O–H groups in total. The molecule has 0 heterocycles. The van der Waals surface area contributed by atoms with Crippen molar-refractivity contribution in [2.45, 2.75) is 12.8 Å². The quantitative estimate of drug-likeness (QED) is 0.525. The second-order valence-electron chi connectivity index (χ2n) is 2.83. The molecule has 2 bridgehead atoms. The van der Waals surface area contributed by atoms with E-state index in [4.69, 9.17) is 4.11 Å². The second kappa shape index (κ2) is 1.84. The van der Waals surface area contributed by atoms with Gasteiger partial charge in [0, 0.05) is 7.93 Å². The van der Waals surface area contributed by atoms with Gasteiger partial charge in [-0.15, -0.1) is 0 Å². The molecule has 3 atom stereocenters. The van der Waals surface area contributed by atoms with Gasteiger partial charge >= 0.3 is 0 Å². The highest BCUT2D eigenvalue weighted by atomic mass is 16.3. The third-order valence-corrected chi connectivity index (χ3v) is 2.25. The van der Waals surface area contributed by atoms with Gasteiger partial charge in [-0.05, 0) is 30.6 Å². The van der Waals surface area contributed by atoms with Crippen molar-refractivity contribution in [1.29, 1.82) is 0 Å². The van der Waals surface area contributed by atoms with Gasteiger partial charge in [0.2, 0.25) is 0 Å². The first-order valence-corrected chi connectivity index (χ1v) is 3.34. The molecule has 0 aromatic carbocycles. The van der Waals surface area contributed by atoms with Crippen molar-refractivity contribution < 1.29 is 9.22 Å². The zero-order valence-electron chi connectivity index (χ0n) is 8.17. The van der Waals surface area contributed by atoms with Crippen molar-refractivity contribution in [1.82, 2.24) is 0 Å². The number of hydrogen-bond acceptors (Lipinski definition) is 1. The van der Waals surface area contributed by atoms with Gasteiger partial charge < -0.3 is 5.11 Å². The number of rotatable bonds is 1. The van der Waals surface area contributed by atoms with Gasteiger partial charge in [-0.25, -0.2) is 0 Å². The van der Waals surface area contributed by atoms with Gasteiger partial charge in [0.1, 0.15) is 0 Å². The fraction of sp³-hybridized carbons (Fsp3) is 0.750. The average molecular weight is 127 g/mol. The zero-order chi connectivity index (χ0) is 8.98. The molecule has 0 aliphatic heterocycles. The van der Waals surface area contributed by atoms with Gasteiger partial charge in [0.05, 0.1) is 2.74 Å². The molecule has 0 saturated heterocycles. The van der Waals surface area contributed by atoms with Crippen LogP contribution in [0.4, 0.5) is 0 Å². The molecule has 3 unspecified atom stereocenters. The molecule has 2 aliphatic carbocycles. The minimum Gasteiger partial charge on any atom is -0.396 e. The lowest BCUT2D eigenvalue weighted by Crippen LogP contribution is -2.10. The summed E-state index contributed by atoms with van der Waals surface area (Å²) in [5, 5.41) is 9.21. The van der Waals surface area contributed by atoms with Crippen LogP contribution in [0.3, 0.4) is 0 Å². The monoisotopic (exact) mass is 127 g/mol. The topological polar surface area (TPSA) is 20.2 Å². The Morgan fingerprint density at radius 3 is 2.89 bits per heavy atom. The summed E-state index contributed by atoms with van der Waals surface area (Å²) in [7, 11) is 0. The second-order valence-corrected chi connectivity index (χ2v) is 2.83. The van der Waals surface area contributed by atoms with Gasteiger partial charge in [-0.3, -0.25) is 0 Å². The van der Waals surface area contributed by atoms with E-state index in [2.05, 4.69) is 0 Å². The van der Waals surface area contributed by atoms with E-state index >= 15 is 0 Å². The Morgan fingerprint density at radius 2 is 2.56 bits per heavy atom. The van der Waals surface area contributed by atoms with Crippen molar-refractivity contribution in [3.8, 4) is 0 Å². The molecule has 9 heavy (non-hydrogen) atoms. The smallest absolute Gasteiger partial charge is 0.0567 e. The molecular formula is C8H12O. The Labute approximate surface area is 59.6 Å². The standard InChI is InChI=1S/C8H12O/c9-5-8-4-6-1-2-7(8)3-6/h1-2,6-9H,3-5H2/i5D2,8D. The van der Waals surface area contributed by atoms with Crippen molar-refractivity contribution in [2.24, 2.45) is 17.7 Å². The third-order valence-electron chi connectivity index (χ3n) is 2.25. The maximum Gasteiger partial charge on any atom is 0.0567 e. The summed E-state index contributed by atoms with van der Waals surface area (Å²) in [6.45, 7) is -2.36. The van der Waals surface area contributed by atoms with E-state index in [1.54, 1.807) is 0 Å². The molecule has 1 heteroatoms. The fourth-order valence-corrected chi connectivity index (χ4v) is 1.75. The molecule has 2 rings (SSSR count). The van der Waals surface area contributed by atoms with E-state index in [-0.39, 0.29) is 5.92 Å². The van der Waals surface area contributed by atoms with Crippen LogP contribution in [0.2, 0.25) is 0 Å². The largest absolute Gasteiger partial charge is 0.396 e. The van der Waals surface area contributed by atoms with Crippen molar-refractivity contribution in [3.63, 3.8) is 0 Å². The molecule has 0 aromatic heterocycles. The van der Waals surface area contributed by atoms with Crippen LogP contribution >= 0.6 is 0 Å². The summed E-state index contributed by atoms with van der Waals surface area (Å²) in [5.41, 5.74) is 0. The van der Waals surface area contributed by atoms with Crippen LogP contribution in [0.25, 0.3) is 0 Å². The van der Waals surface area contributed by atoms with E-state index in [0.717, 1.165) is 6.42 Å². The van der Waals surface area contributed by atoms with Crippen molar-refractivity contribution in [2.75, 3.05) is 6.56 Å². The van der Waals surface area contributed by atoms with Gasteiger partial charge in [0.25, 0.3) is 0 Å². The van der Waals surface area contributed by atoms with Gasteiger partial charge in [0.15, 0.2) is 0 Å². The minimum absolute atomic E-state index is 0.0949. The Morgan fingerprint density at radius 1 is 1.67 bits per heavy atom. The number of allylic oxidation sites excluding steroid dienone is 2. The minimum atomic E-state index is -2.36. The molecule has 0 spiro atoms. The zero-order valence-corrected chi connectivity index (χ0v) is 5.17. The normalized spacial score (nSPS) is 61.2. The van der Waals surface area contributed by atoms with E-state index in [9.17, 15) is 5.11 Å². The maximum atomic E-state index is 9.21. The lowest BCUT2D eigenvalue weighted by Gasteiger charge is -2.13. The first kappa shape index (κ1) is 3.20. The van der Waals surface area contributed by atoms with Gasteiger partial charge in [-0.1, -0.05) is 12.2 Å². The third kappa shape index (κ3) is 0.715. The first-order chi connectivity index (χ1) is 5.43. The highest BCUT2D eigenvalue weighted by Crippen LogP contribution is 2.42. The summed E-state index contributed by atoms with van der Waals surface area (Å²) < 4.78 is 22.2. The van der Waals surface area contributed by atoms with Crippen LogP contribution in [0.1, 0.15) is 17.0 Å². The maximum absolute atomic E-state index is 9.21. The van der Waals surface area contributed by atoms with Crippen molar-refractivity contribution >= 4 is 0 Å². The van der Waals surface area contributed by atoms with E-state index in [0.29, 0.717) is 12.3 Å². The Balaban J connectivity index is 2.30. The number of aliphatic hydroxyl groups is 1. The molecule has 2 aliphatic rings. The lowest BCUT2D eigenvalue weighted by molar-refractivity contribution is 0.207. The Hall–Kier alpha value is -0.300. The first-order valence-electron chi connectivity index (χ1n) is 4.84. The van der Waals surface area contributed by atoms with Crippen LogP contribution in [0.5, 0.6) is 0 Å². The summed E-state index contributed by atoms with van der Waals surface area (Å²) in [4.78, 5) is 0. The van der Waals surface area contributed by atoms with Crippen molar-refractivity contribution in [3.05, 3.63) is 12.2 Å². The summed E-state index contributed by atoms with van der Waals surface area (Å²) in [6.07, 6.45) is 5.19. The Kier molecular flexibility index (Phi) is 0.654. The summed E-state index contributed by atoms with van der Waals surface area (Å²) in [6, 6.07) is 0. The van der Waals surface area contributed by atoms with Crippen LogP contribution in [0, 0.1) is 17.7 Å². The molecule has 1 fully saturated rings. The molecule has 1 nitrogen and oxygen atoms in total. The average Bonchev–Trinajstić information content (AvgIpc) is 2.43. The van der Waals surface area contributed by atoms with Crippen LogP contribution in [-0.4, -0.2) is 11.7 Å². The molecule has 1 saturated carbocycles. The van der Waals surface area contributed by atoms with Gasteiger partial charge in [-0.2, -0.15) is 0 Å². The van der Waals surface area contributed by atoms with Crippen LogP contribution < -0.4 is 0 Å². The number of fused-ring (bicyclic) bond motifs is 2. The molecule has 0 aromatic rings. The lowest BCUT2D eigenvalue weighted by atomic mass is 9.95. The Bertz CT molecular complexity index is 233. The summed E-state index contributed by atoms with van der Waals surface area (Å²) >= 11 is 0. The van der Waals surface area contributed by atoms with E-state index in [1.807, 2.05) is 12.2 Å². The predicted molar refractivity (Wildman–Crippen MR) is 35.9 cm³/mol. The summed E-state index contributed by atoms with van der Waals surface area (Å²) in [5.74, 6) is -1.08. The van der Waals surface area contributed by atoms with E-state index < -0.39 is 12.5 Å². The molecule has 0 radical (unpaired) electrons. The van der Waals surface area contributed by atoms with Crippen LogP contribution in [-0.2, 0) is 0 Å². The highest BCUT2D eigenvalue weighted by Gasteiger charge is 2.34.